The summed E-state index contributed by atoms with van der Waals surface area (Å²) >= 11 is 0. The van der Waals surface area contributed by atoms with Gasteiger partial charge >= 0.3 is 0 Å². The Balaban J connectivity index is 1.33. The molecule has 2 unspecified atom stereocenters. The summed E-state index contributed by atoms with van der Waals surface area (Å²) in [5, 5.41) is 0. The maximum absolute atomic E-state index is 13.2. The number of unbranched alkanes of at least 4 members (excludes halogenated alkanes) is 2. The van der Waals surface area contributed by atoms with Gasteiger partial charge in [0.25, 0.3) is 0 Å². The van der Waals surface area contributed by atoms with Gasteiger partial charge in [-0.1, -0.05) is 63.0 Å². The van der Waals surface area contributed by atoms with Gasteiger partial charge in [-0.3, -0.25) is 9.69 Å². The average Bonchev–Trinajstić information content (AvgIpc) is 2.87. The van der Waals surface area contributed by atoms with Crippen LogP contribution in [-0.2, 0) is 14.8 Å². The second-order valence-corrected chi connectivity index (χ2v) is 13.6. The van der Waals surface area contributed by atoms with E-state index in [4.69, 9.17) is 0 Å². The molecule has 0 radical (unpaired) electrons. The zero-order valence-electron chi connectivity index (χ0n) is 22.7. The molecular formula is C29H45N3O3S. The molecule has 1 aliphatic heterocycles. The van der Waals surface area contributed by atoms with E-state index >= 15 is 0 Å². The Kier molecular flexibility index (Phi) is 8.63. The SMILES string of the molecule is CCCCCC(=O)N(CCN1CCN(S(=O)(=O)c2ccc(C)cc2)CC1)CC1=CCC2CC1C2(C)C. The van der Waals surface area contributed by atoms with Crippen LogP contribution < -0.4 is 0 Å². The number of hydrogen-bond acceptors (Lipinski definition) is 4. The minimum Gasteiger partial charge on any atom is -0.337 e. The van der Waals surface area contributed by atoms with Crippen LogP contribution in [0.5, 0.6) is 0 Å². The van der Waals surface area contributed by atoms with E-state index in [1.54, 1.807) is 16.4 Å². The molecular weight excluding hydrogens is 470 g/mol. The highest BCUT2D eigenvalue weighted by Crippen LogP contribution is 2.59. The minimum atomic E-state index is -3.46. The molecule has 4 aliphatic rings. The molecule has 0 aromatic heterocycles. The molecule has 1 saturated heterocycles. The van der Waals surface area contributed by atoms with E-state index in [-0.39, 0.29) is 5.91 Å². The van der Waals surface area contributed by atoms with E-state index < -0.39 is 10.0 Å². The van der Waals surface area contributed by atoms with Crippen LogP contribution in [0.15, 0.2) is 40.8 Å². The molecule has 200 valence electrons. The van der Waals surface area contributed by atoms with Crippen molar-refractivity contribution in [1.82, 2.24) is 14.1 Å². The zero-order valence-corrected chi connectivity index (χ0v) is 23.5. The lowest BCUT2D eigenvalue weighted by Crippen LogP contribution is -2.52. The van der Waals surface area contributed by atoms with Gasteiger partial charge in [-0.05, 0) is 55.6 Å². The molecule has 6 nitrogen and oxygen atoms in total. The lowest BCUT2D eigenvalue weighted by molar-refractivity contribution is -0.131. The first kappa shape index (κ1) is 27.3. The predicted octanol–water partition coefficient (Wildman–Crippen LogP) is 4.70. The maximum Gasteiger partial charge on any atom is 0.243 e. The molecule has 7 heteroatoms. The number of aryl methyl sites for hydroxylation is 1. The number of carbonyl (C=O) groups is 1. The molecule has 0 N–H and O–H groups in total. The summed E-state index contributed by atoms with van der Waals surface area (Å²) in [6, 6.07) is 7.10. The van der Waals surface area contributed by atoms with Crippen molar-refractivity contribution in [1.29, 1.82) is 0 Å². The number of nitrogens with zero attached hydrogens (tertiary/aromatic N) is 3. The Morgan fingerprint density at radius 1 is 1.08 bits per heavy atom. The number of benzene rings is 1. The third-order valence-corrected chi connectivity index (χ3v) is 10.9. The third kappa shape index (κ3) is 5.89. The average molecular weight is 516 g/mol. The van der Waals surface area contributed by atoms with Crippen LogP contribution in [0.4, 0.5) is 0 Å². The zero-order chi connectivity index (χ0) is 25.9. The van der Waals surface area contributed by atoms with Gasteiger partial charge < -0.3 is 4.90 Å². The van der Waals surface area contributed by atoms with Gasteiger partial charge in [0.15, 0.2) is 0 Å². The second kappa shape index (κ2) is 11.4. The van der Waals surface area contributed by atoms with Crippen molar-refractivity contribution in [3.05, 3.63) is 41.5 Å². The fourth-order valence-corrected chi connectivity index (χ4v) is 7.59. The monoisotopic (exact) mass is 515 g/mol. The van der Waals surface area contributed by atoms with E-state index in [1.807, 2.05) is 19.1 Å². The van der Waals surface area contributed by atoms with Crippen LogP contribution >= 0.6 is 0 Å². The fourth-order valence-electron chi connectivity index (χ4n) is 6.17. The van der Waals surface area contributed by atoms with Gasteiger partial charge in [-0.25, -0.2) is 8.42 Å². The lowest BCUT2D eigenvalue weighted by atomic mass is 9.49. The van der Waals surface area contributed by atoms with Crippen molar-refractivity contribution in [2.45, 2.75) is 71.1 Å². The number of carbonyl (C=O) groups excluding carboxylic acids is 1. The molecule has 1 amide bonds. The Morgan fingerprint density at radius 3 is 2.39 bits per heavy atom. The summed E-state index contributed by atoms with van der Waals surface area (Å²) < 4.78 is 27.7. The highest BCUT2D eigenvalue weighted by atomic mass is 32.2. The largest absolute Gasteiger partial charge is 0.337 e. The first-order valence-electron chi connectivity index (χ1n) is 13.9. The Labute approximate surface area is 218 Å². The molecule has 0 spiro atoms. The smallest absolute Gasteiger partial charge is 0.243 e. The molecule has 3 aliphatic carbocycles. The van der Waals surface area contributed by atoms with Gasteiger partial charge in [0.2, 0.25) is 15.9 Å². The van der Waals surface area contributed by atoms with Crippen molar-refractivity contribution < 1.29 is 13.2 Å². The summed E-state index contributed by atoms with van der Waals surface area (Å²) in [4.78, 5) is 18.0. The Bertz CT molecular complexity index is 1040. The van der Waals surface area contributed by atoms with Crippen LogP contribution in [0.2, 0.25) is 0 Å². The van der Waals surface area contributed by atoms with E-state index in [9.17, 15) is 13.2 Å². The number of rotatable bonds is 11. The number of piperazine rings is 1. The van der Waals surface area contributed by atoms with Gasteiger partial charge in [0, 0.05) is 52.2 Å². The molecule has 1 heterocycles. The van der Waals surface area contributed by atoms with Gasteiger partial charge in [-0.2, -0.15) is 4.31 Å². The Hall–Kier alpha value is -1.70. The van der Waals surface area contributed by atoms with Crippen molar-refractivity contribution >= 4 is 15.9 Å². The highest BCUT2D eigenvalue weighted by molar-refractivity contribution is 7.89. The quantitative estimate of drug-likeness (QED) is 0.317. The van der Waals surface area contributed by atoms with Crippen molar-refractivity contribution in [2.24, 2.45) is 17.3 Å². The second-order valence-electron chi connectivity index (χ2n) is 11.7. The molecule has 1 aromatic carbocycles. The predicted molar refractivity (Wildman–Crippen MR) is 145 cm³/mol. The van der Waals surface area contributed by atoms with Crippen LogP contribution in [0.3, 0.4) is 0 Å². The summed E-state index contributed by atoms with van der Waals surface area (Å²) in [6.07, 6.45) is 8.62. The van der Waals surface area contributed by atoms with Crippen LogP contribution in [-0.4, -0.2) is 74.2 Å². The van der Waals surface area contributed by atoms with Crippen molar-refractivity contribution in [3.8, 4) is 0 Å². The van der Waals surface area contributed by atoms with Crippen LogP contribution in [0.1, 0.15) is 64.9 Å². The molecule has 2 bridgehead atoms. The number of fused-ring (bicyclic) bond motifs is 1. The van der Waals surface area contributed by atoms with E-state index in [1.165, 1.54) is 12.0 Å². The van der Waals surface area contributed by atoms with Gasteiger partial charge in [-0.15, -0.1) is 0 Å². The molecule has 2 fully saturated rings. The molecule has 5 rings (SSSR count). The summed E-state index contributed by atoms with van der Waals surface area (Å²) in [7, 11) is -3.46. The van der Waals surface area contributed by atoms with Crippen molar-refractivity contribution in [2.75, 3.05) is 45.8 Å². The number of hydrogen-bond donors (Lipinski definition) is 0. The fraction of sp³-hybridized carbons (Fsp3) is 0.690. The first-order valence-corrected chi connectivity index (χ1v) is 15.3. The standard InChI is InChI=1S/C29H45N3O3S/c1-5-6-7-8-28(33)31(22-24-11-12-25-21-27(24)29(25,3)4)18-15-30-16-19-32(20-17-30)36(34,35)26-13-9-23(2)10-14-26/h9-11,13-14,25,27H,5-8,12,15-22H2,1-4H3. The maximum atomic E-state index is 13.2. The molecule has 2 atom stereocenters. The van der Waals surface area contributed by atoms with Gasteiger partial charge in [0.1, 0.15) is 0 Å². The number of allylic oxidation sites excluding steroid dienone is 1. The normalized spacial score (nSPS) is 24.2. The third-order valence-electron chi connectivity index (χ3n) is 8.98. The molecule has 36 heavy (non-hydrogen) atoms. The number of sulfonamides is 1. The topological polar surface area (TPSA) is 60.9 Å². The summed E-state index contributed by atoms with van der Waals surface area (Å²) in [5.74, 6) is 1.68. The lowest BCUT2D eigenvalue weighted by Gasteiger charge is -2.57. The van der Waals surface area contributed by atoms with Crippen LogP contribution in [0, 0.1) is 24.2 Å². The summed E-state index contributed by atoms with van der Waals surface area (Å²) in [6.45, 7) is 13.5. The minimum absolute atomic E-state index is 0.268. The first-order chi connectivity index (χ1) is 17.1. The van der Waals surface area contributed by atoms with E-state index in [2.05, 4.69) is 36.6 Å². The summed E-state index contributed by atoms with van der Waals surface area (Å²) in [5.41, 5.74) is 2.87. The molecule has 1 aromatic rings. The van der Waals surface area contributed by atoms with E-state index in [0.29, 0.717) is 55.4 Å². The van der Waals surface area contributed by atoms with Crippen molar-refractivity contribution in [3.63, 3.8) is 0 Å². The van der Waals surface area contributed by atoms with Gasteiger partial charge in [0.05, 0.1) is 4.90 Å². The number of amides is 1. The molecule has 1 saturated carbocycles. The highest BCUT2D eigenvalue weighted by Gasteiger charge is 2.51. The van der Waals surface area contributed by atoms with Crippen LogP contribution in [0.25, 0.3) is 0 Å². The van der Waals surface area contributed by atoms with E-state index in [0.717, 1.165) is 50.3 Å². The Morgan fingerprint density at radius 2 is 1.78 bits per heavy atom.